The van der Waals surface area contributed by atoms with Crippen LogP contribution in [0.4, 0.5) is 0 Å². The summed E-state index contributed by atoms with van der Waals surface area (Å²) in [5, 5.41) is 11.9. The van der Waals surface area contributed by atoms with Crippen molar-refractivity contribution in [2.24, 2.45) is 0 Å². The van der Waals surface area contributed by atoms with Crippen LogP contribution < -0.4 is 5.32 Å². The van der Waals surface area contributed by atoms with Crippen LogP contribution in [0.1, 0.15) is 13.3 Å². The molecule has 0 radical (unpaired) electrons. The quantitative estimate of drug-likeness (QED) is 0.540. The molecule has 0 aromatic rings. The fraction of sp³-hybridized carbons (Fsp3) is 1.00. The fourth-order valence-electron chi connectivity index (χ4n) is 0.723. The van der Waals surface area contributed by atoms with Gasteiger partial charge in [-0.2, -0.15) is 0 Å². The molecular weight excluding hydrogens is 126 g/mol. The molecule has 1 heterocycles. The number of aliphatic hydroxyl groups excluding tert-OH is 1. The number of aliphatic hydroxyl groups is 1. The van der Waals surface area contributed by atoms with Crippen LogP contribution in [-0.2, 0) is 0 Å². The molecule has 2 atom stereocenters. The molecule has 2 N–H and O–H groups in total. The summed E-state index contributed by atoms with van der Waals surface area (Å²) in [7, 11) is 0. The van der Waals surface area contributed by atoms with Gasteiger partial charge in [-0.15, -0.1) is 12.4 Å². The molecule has 0 bridgehead atoms. The Balaban J connectivity index is 0.000000490. The third-order valence-electron chi connectivity index (χ3n) is 1.44. The van der Waals surface area contributed by atoms with E-state index in [-0.39, 0.29) is 18.5 Å². The first-order valence-electron chi connectivity index (χ1n) is 2.72. The lowest BCUT2D eigenvalue weighted by atomic mass is 10.0. The highest BCUT2D eigenvalue weighted by atomic mass is 35.5. The molecule has 2 unspecified atom stereocenters. The van der Waals surface area contributed by atoms with Crippen LogP contribution in [0.15, 0.2) is 0 Å². The van der Waals surface area contributed by atoms with Gasteiger partial charge in [0, 0.05) is 6.04 Å². The van der Waals surface area contributed by atoms with Gasteiger partial charge in [0.05, 0.1) is 6.10 Å². The Morgan fingerprint density at radius 3 is 2.25 bits per heavy atom. The van der Waals surface area contributed by atoms with E-state index in [1.807, 2.05) is 6.92 Å². The van der Waals surface area contributed by atoms with Gasteiger partial charge >= 0.3 is 0 Å². The van der Waals surface area contributed by atoms with Crippen LogP contribution in [0.3, 0.4) is 0 Å². The van der Waals surface area contributed by atoms with E-state index in [2.05, 4.69) is 5.32 Å². The number of hydrogen-bond acceptors (Lipinski definition) is 2. The van der Waals surface area contributed by atoms with E-state index in [0.29, 0.717) is 6.04 Å². The Bertz CT molecular complexity index is 63.4. The molecule has 3 heteroatoms. The Hall–Kier alpha value is 0.210. The third kappa shape index (κ3) is 1.62. The number of hydrogen-bond donors (Lipinski definition) is 2. The topological polar surface area (TPSA) is 32.3 Å². The largest absolute Gasteiger partial charge is 0.392 e. The maximum absolute atomic E-state index is 8.81. The smallest absolute Gasteiger partial charge is 0.0665 e. The summed E-state index contributed by atoms with van der Waals surface area (Å²) < 4.78 is 0. The zero-order chi connectivity index (χ0) is 5.28. The third-order valence-corrected chi connectivity index (χ3v) is 1.44. The van der Waals surface area contributed by atoms with E-state index in [1.54, 1.807) is 0 Å². The van der Waals surface area contributed by atoms with Gasteiger partial charge in [0.25, 0.3) is 0 Å². The molecule has 2 nitrogen and oxygen atoms in total. The first kappa shape index (κ1) is 8.21. The Morgan fingerprint density at radius 1 is 1.75 bits per heavy atom. The van der Waals surface area contributed by atoms with E-state index in [4.69, 9.17) is 5.11 Å². The number of halogens is 1. The highest BCUT2D eigenvalue weighted by Gasteiger charge is 2.20. The minimum Gasteiger partial charge on any atom is -0.392 e. The summed E-state index contributed by atoms with van der Waals surface area (Å²) in [6.45, 7) is 2.90. The maximum Gasteiger partial charge on any atom is 0.0665 e. The Morgan fingerprint density at radius 2 is 2.25 bits per heavy atom. The molecule has 0 spiro atoms. The van der Waals surface area contributed by atoms with E-state index in [1.165, 1.54) is 0 Å². The minimum atomic E-state index is -0.159. The van der Waals surface area contributed by atoms with Crippen LogP contribution in [0.2, 0.25) is 0 Å². The van der Waals surface area contributed by atoms with Crippen molar-refractivity contribution in [2.75, 3.05) is 6.54 Å². The van der Waals surface area contributed by atoms with Crippen LogP contribution in [-0.4, -0.2) is 23.8 Å². The van der Waals surface area contributed by atoms with Gasteiger partial charge in [0.2, 0.25) is 0 Å². The lowest BCUT2D eigenvalue weighted by molar-refractivity contribution is 0.111. The van der Waals surface area contributed by atoms with Crippen molar-refractivity contribution in [1.82, 2.24) is 5.32 Å². The lowest BCUT2D eigenvalue weighted by Gasteiger charge is -2.29. The van der Waals surface area contributed by atoms with Crippen LogP contribution >= 0.6 is 12.4 Å². The molecule has 0 amide bonds. The van der Waals surface area contributed by atoms with Crippen molar-refractivity contribution in [3.8, 4) is 0 Å². The molecule has 1 fully saturated rings. The van der Waals surface area contributed by atoms with E-state index in [9.17, 15) is 0 Å². The van der Waals surface area contributed by atoms with Gasteiger partial charge < -0.3 is 10.4 Å². The zero-order valence-corrected chi connectivity index (χ0v) is 5.74. The molecule has 8 heavy (non-hydrogen) atoms. The molecule has 0 aromatic heterocycles. The minimum absolute atomic E-state index is 0. The summed E-state index contributed by atoms with van der Waals surface area (Å²) >= 11 is 0. The molecule has 50 valence electrons. The van der Waals surface area contributed by atoms with Crippen molar-refractivity contribution in [1.29, 1.82) is 0 Å². The predicted molar refractivity (Wildman–Crippen MR) is 35.3 cm³/mol. The van der Waals surface area contributed by atoms with E-state index >= 15 is 0 Å². The second-order valence-electron chi connectivity index (χ2n) is 2.09. The molecule has 1 aliphatic rings. The van der Waals surface area contributed by atoms with E-state index < -0.39 is 0 Å². The normalized spacial score (nSPS) is 30.0. The average molecular weight is 138 g/mol. The van der Waals surface area contributed by atoms with Gasteiger partial charge in [-0.25, -0.2) is 0 Å². The number of nitrogens with one attached hydrogen (secondary N) is 1. The Labute approximate surface area is 55.7 Å². The predicted octanol–water partition coefficient (Wildman–Crippen LogP) is 0.151. The molecule has 0 aromatic carbocycles. The zero-order valence-electron chi connectivity index (χ0n) is 4.92. The summed E-state index contributed by atoms with van der Waals surface area (Å²) in [5.41, 5.74) is 0. The highest BCUT2D eigenvalue weighted by molar-refractivity contribution is 5.85. The van der Waals surface area contributed by atoms with Gasteiger partial charge in [-0.1, -0.05) is 0 Å². The van der Waals surface area contributed by atoms with Gasteiger partial charge in [0.15, 0.2) is 0 Å². The average Bonchev–Trinajstić information content (AvgIpc) is 1.23. The summed E-state index contributed by atoms with van der Waals surface area (Å²) in [6.07, 6.45) is 0.978. The van der Waals surface area contributed by atoms with Crippen molar-refractivity contribution in [3.63, 3.8) is 0 Å². The van der Waals surface area contributed by atoms with Gasteiger partial charge in [0.1, 0.15) is 0 Å². The number of rotatable bonds is 1. The molecular formula is C5H12ClNO. The van der Waals surface area contributed by atoms with Crippen molar-refractivity contribution in [3.05, 3.63) is 0 Å². The summed E-state index contributed by atoms with van der Waals surface area (Å²) in [4.78, 5) is 0. The van der Waals surface area contributed by atoms with Crippen LogP contribution in [0, 0.1) is 0 Å². The SMILES string of the molecule is CC(O)C1CCN1.Cl. The lowest BCUT2D eigenvalue weighted by Crippen LogP contribution is -2.49. The van der Waals surface area contributed by atoms with Crippen molar-refractivity contribution >= 4 is 12.4 Å². The first-order valence-corrected chi connectivity index (χ1v) is 2.72. The Kier molecular flexibility index (Phi) is 3.36. The second-order valence-corrected chi connectivity index (χ2v) is 2.09. The molecule has 1 rings (SSSR count). The van der Waals surface area contributed by atoms with Crippen molar-refractivity contribution < 1.29 is 5.11 Å². The molecule has 0 aliphatic carbocycles. The monoisotopic (exact) mass is 137 g/mol. The van der Waals surface area contributed by atoms with Gasteiger partial charge in [-0.05, 0) is 19.9 Å². The highest BCUT2D eigenvalue weighted by Crippen LogP contribution is 2.05. The molecule has 0 saturated carbocycles. The molecule has 1 aliphatic heterocycles. The van der Waals surface area contributed by atoms with Gasteiger partial charge in [-0.3, -0.25) is 0 Å². The molecule has 1 saturated heterocycles. The van der Waals surface area contributed by atoms with Crippen LogP contribution in [0.5, 0.6) is 0 Å². The maximum atomic E-state index is 8.81. The standard InChI is InChI=1S/C5H11NO.ClH/c1-4(7)5-2-3-6-5;/h4-7H,2-3H2,1H3;1H. The fourth-order valence-corrected chi connectivity index (χ4v) is 0.723. The summed E-state index contributed by atoms with van der Waals surface area (Å²) in [5.74, 6) is 0. The summed E-state index contributed by atoms with van der Waals surface area (Å²) in [6, 6.07) is 0.389. The van der Waals surface area contributed by atoms with Crippen LogP contribution in [0.25, 0.3) is 0 Å². The van der Waals surface area contributed by atoms with Crippen molar-refractivity contribution in [2.45, 2.75) is 25.5 Å². The van der Waals surface area contributed by atoms with E-state index in [0.717, 1.165) is 13.0 Å². The first-order chi connectivity index (χ1) is 3.30. The second kappa shape index (κ2) is 3.28.